The second kappa shape index (κ2) is 6.41. The third-order valence-corrected chi connectivity index (χ3v) is 5.03. The van der Waals surface area contributed by atoms with Crippen molar-refractivity contribution < 1.29 is 4.79 Å². The zero-order valence-corrected chi connectivity index (χ0v) is 12.8. The topological polar surface area (TPSA) is 46.3 Å². The first-order valence-electron chi connectivity index (χ1n) is 7.39. The number of likely N-dealkylation sites (tertiary alicyclic amines) is 1. The summed E-state index contributed by atoms with van der Waals surface area (Å²) in [7, 11) is 0. The van der Waals surface area contributed by atoms with Gasteiger partial charge in [0.2, 0.25) is 0 Å². The molecule has 0 atom stereocenters. The molecule has 0 saturated carbocycles. The summed E-state index contributed by atoms with van der Waals surface area (Å²) in [6.07, 6.45) is 2.07. The molecule has 1 aromatic carbocycles. The average molecular weight is 300 g/mol. The van der Waals surface area contributed by atoms with Gasteiger partial charge in [-0.3, -0.25) is 4.79 Å². The largest absolute Gasteiger partial charge is 0.338 e. The van der Waals surface area contributed by atoms with Crippen LogP contribution in [0.1, 0.15) is 39.6 Å². The quantitative estimate of drug-likeness (QED) is 0.946. The summed E-state index contributed by atoms with van der Waals surface area (Å²) in [5.41, 5.74) is 8.26. The number of rotatable bonds is 3. The Hall–Kier alpha value is -1.65. The number of piperidine rings is 1. The predicted octanol–water partition coefficient (Wildman–Crippen LogP) is 3.23. The van der Waals surface area contributed by atoms with Crippen LogP contribution in [0, 0.1) is 0 Å². The predicted molar refractivity (Wildman–Crippen MR) is 86.5 cm³/mol. The van der Waals surface area contributed by atoms with Gasteiger partial charge in [-0.2, -0.15) is 0 Å². The Kier molecular flexibility index (Phi) is 4.36. The first-order chi connectivity index (χ1) is 10.3. The minimum absolute atomic E-state index is 0.180. The van der Waals surface area contributed by atoms with Crippen LogP contribution in [-0.2, 0) is 6.54 Å². The molecule has 4 heteroatoms. The number of nitrogens with zero attached hydrogens (tertiary/aromatic N) is 1. The fourth-order valence-electron chi connectivity index (χ4n) is 2.95. The third kappa shape index (κ3) is 3.17. The van der Waals surface area contributed by atoms with Crippen LogP contribution >= 0.6 is 11.3 Å². The van der Waals surface area contributed by atoms with Crippen LogP contribution in [0.4, 0.5) is 0 Å². The lowest BCUT2D eigenvalue weighted by Crippen LogP contribution is -2.37. The molecule has 1 aliphatic heterocycles. The van der Waals surface area contributed by atoms with E-state index in [1.165, 1.54) is 22.5 Å². The SMILES string of the molecule is NCc1cccc(C2CCN(C(=O)c3cccs3)CC2)c1. The monoisotopic (exact) mass is 300 g/mol. The molecule has 21 heavy (non-hydrogen) atoms. The van der Waals surface area contributed by atoms with Crippen molar-refractivity contribution in [2.24, 2.45) is 5.73 Å². The van der Waals surface area contributed by atoms with E-state index in [0.717, 1.165) is 30.8 Å². The van der Waals surface area contributed by atoms with E-state index in [1.54, 1.807) is 0 Å². The fraction of sp³-hybridized carbons (Fsp3) is 0.353. The number of benzene rings is 1. The van der Waals surface area contributed by atoms with Crippen molar-refractivity contribution in [2.45, 2.75) is 25.3 Å². The maximum Gasteiger partial charge on any atom is 0.263 e. The summed E-state index contributed by atoms with van der Waals surface area (Å²) in [5.74, 6) is 0.725. The molecule has 110 valence electrons. The van der Waals surface area contributed by atoms with Gasteiger partial charge in [0.15, 0.2) is 0 Å². The second-order valence-electron chi connectivity index (χ2n) is 5.49. The highest BCUT2D eigenvalue weighted by atomic mass is 32.1. The Morgan fingerprint density at radius 2 is 2.05 bits per heavy atom. The summed E-state index contributed by atoms with van der Waals surface area (Å²) in [5, 5.41) is 1.96. The fourth-order valence-corrected chi connectivity index (χ4v) is 3.64. The minimum Gasteiger partial charge on any atom is -0.338 e. The van der Waals surface area contributed by atoms with E-state index in [4.69, 9.17) is 5.73 Å². The maximum atomic E-state index is 12.3. The molecule has 3 nitrogen and oxygen atoms in total. The molecule has 1 saturated heterocycles. The van der Waals surface area contributed by atoms with Crippen molar-refractivity contribution in [3.05, 3.63) is 57.8 Å². The Balaban J connectivity index is 1.63. The van der Waals surface area contributed by atoms with Crippen molar-refractivity contribution in [2.75, 3.05) is 13.1 Å². The highest BCUT2D eigenvalue weighted by Crippen LogP contribution is 2.29. The molecule has 0 unspecified atom stereocenters. The van der Waals surface area contributed by atoms with Gasteiger partial charge < -0.3 is 10.6 Å². The Morgan fingerprint density at radius 3 is 2.71 bits per heavy atom. The lowest BCUT2D eigenvalue weighted by atomic mass is 9.88. The number of hydrogen-bond donors (Lipinski definition) is 1. The van der Waals surface area contributed by atoms with Crippen LogP contribution in [0.5, 0.6) is 0 Å². The number of hydrogen-bond acceptors (Lipinski definition) is 3. The van der Waals surface area contributed by atoms with Gasteiger partial charge in [0.05, 0.1) is 4.88 Å². The van der Waals surface area contributed by atoms with Crippen molar-refractivity contribution in [3.8, 4) is 0 Å². The van der Waals surface area contributed by atoms with Crippen LogP contribution in [0.25, 0.3) is 0 Å². The van der Waals surface area contributed by atoms with E-state index in [2.05, 4.69) is 24.3 Å². The van der Waals surface area contributed by atoms with Gasteiger partial charge in [0.1, 0.15) is 0 Å². The molecule has 0 spiro atoms. The van der Waals surface area contributed by atoms with E-state index >= 15 is 0 Å². The molecule has 1 amide bonds. The number of thiophene rings is 1. The molecule has 1 aliphatic rings. The summed E-state index contributed by atoms with van der Waals surface area (Å²) >= 11 is 1.52. The highest BCUT2D eigenvalue weighted by Gasteiger charge is 2.24. The first kappa shape index (κ1) is 14.3. The van der Waals surface area contributed by atoms with Gasteiger partial charge in [-0.15, -0.1) is 11.3 Å². The molecular weight excluding hydrogens is 280 g/mol. The number of amides is 1. The van der Waals surface area contributed by atoms with Crippen LogP contribution in [0.15, 0.2) is 41.8 Å². The van der Waals surface area contributed by atoms with Crippen LogP contribution in [0.3, 0.4) is 0 Å². The van der Waals surface area contributed by atoms with E-state index in [0.29, 0.717) is 12.5 Å². The lowest BCUT2D eigenvalue weighted by Gasteiger charge is -2.32. The molecule has 2 aromatic rings. The van der Waals surface area contributed by atoms with E-state index < -0.39 is 0 Å². The number of carbonyl (C=O) groups excluding carboxylic acids is 1. The smallest absolute Gasteiger partial charge is 0.263 e. The molecule has 3 rings (SSSR count). The summed E-state index contributed by atoms with van der Waals surface area (Å²) in [4.78, 5) is 15.2. The molecular formula is C17H20N2OS. The van der Waals surface area contributed by atoms with Crippen LogP contribution < -0.4 is 5.73 Å². The zero-order chi connectivity index (χ0) is 14.7. The molecule has 2 N–H and O–H groups in total. The number of nitrogens with two attached hydrogens (primary N) is 1. The van der Waals surface area contributed by atoms with Gasteiger partial charge in [-0.1, -0.05) is 30.3 Å². The van der Waals surface area contributed by atoms with E-state index in [9.17, 15) is 4.79 Å². The second-order valence-corrected chi connectivity index (χ2v) is 6.44. The van der Waals surface area contributed by atoms with Crippen molar-refractivity contribution in [3.63, 3.8) is 0 Å². The average Bonchev–Trinajstić information content (AvgIpc) is 3.09. The standard InChI is InChI=1S/C17H20N2OS/c18-12-13-3-1-4-15(11-13)14-6-8-19(9-7-14)17(20)16-5-2-10-21-16/h1-5,10-11,14H,6-9,12,18H2. The van der Waals surface area contributed by atoms with Crippen molar-refractivity contribution in [1.29, 1.82) is 0 Å². The third-order valence-electron chi connectivity index (χ3n) is 4.17. The van der Waals surface area contributed by atoms with E-state index in [-0.39, 0.29) is 5.91 Å². The molecule has 1 fully saturated rings. The Bertz CT molecular complexity index is 601. The normalized spacial score (nSPS) is 16.1. The van der Waals surface area contributed by atoms with Gasteiger partial charge in [-0.25, -0.2) is 0 Å². The molecule has 0 radical (unpaired) electrons. The first-order valence-corrected chi connectivity index (χ1v) is 8.27. The summed E-state index contributed by atoms with van der Waals surface area (Å²) < 4.78 is 0. The van der Waals surface area contributed by atoms with Gasteiger partial charge in [0.25, 0.3) is 5.91 Å². The maximum absolute atomic E-state index is 12.3. The summed E-state index contributed by atoms with van der Waals surface area (Å²) in [6.45, 7) is 2.27. The summed E-state index contributed by atoms with van der Waals surface area (Å²) in [6, 6.07) is 12.4. The van der Waals surface area contributed by atoms with Crippen molar-refractivity contribution >= 4 is 17.2 Å². The van der Waals surface area contributed by atoms with Gasteiger partial charge >= 0.3 is 0 Å². The zero-order valence-electron chi connectivity index (χ0n) is 12.0. The molecule has 0 bridgehead atoms. The Labute approximate surface area is 129 Å². The van der Waals surface area contributed by atoms with Crippen molar-refractivity contribution in [1.82, 2.24) is 4.90 Å². The van der Waals surface area contributed by atoms with Crippen LogP contribution in [-0.4, -0.2) is 23.9 Å². The Morgan fingerprint density at radius 1 is 1.24 bits per heavy atom. The highest BCUT2D eigenvalue weighted by molar-refractivity contribution is 7.12. The molecule has 2 heterocycles. The van der Waals surface area contributed by atoms with E-state index in [1.807, 2.05) is 22.4 Å². The van der Waals surface area contributed by atoms with Crippen LogP contribution in [0.2, 0.25) is 0 Å². The van der Waals surface area contributed by atoms with Gasteiger partial charge in [0, 0.05) is 19.6 Å². The number of carbonyl (C=O) groups is 1. The van der Waals surface area contributed by atoms with Gasteiger partial charge in [-0.05, 0) is 41.3 Å². The minimum atomic E-state index is 0.180. The lowest BCUT2D eigenvalue weighted by molar-refractivity contribution is 0.0718. The molecule has 1 aromatic heterocycles. The molecule has 0 aliphatic carbocycles.